The monoisotopic (exact) mass is 180 g/mol. The van der Waals surface area contributed by atoms with Gasteiger partial charge in [0.1, 0.15) is 0 Å². The third kappa shape index (κ3) is 5.47. The Kier molecular flexibility index (Phi) is 5.38. The molecule has 0 saturated heterocycles. The van der Waals surface area contributed by atoms with Gasteiger partial charge in [0.05, 0.1) is 6.61 Å². The fourth-order valence-electron chi connectivity index (χ4n) is 0.653. The molecule has 0 aliphatic carbocycles. The lowest BCUT2D eigenvalue weighted by Crippen LogP contribution is -2.26. The summed E-state index contributed by atoms with van der Waals surface area (Å²) in [5.74, 6) is -3.30. The van der Waals surface area contributed by atoms with Crippen LogP contribution < -0.4 is 0 Å². The number of halogens is 2. The van der Waals surface area contributed by atoms with Gasteiger partial charge in [0.2, 0.25) is 5.92 Å². The molecule has 0 aliphatic heterocycles. The maximum Gasteiger partial charge on any atom is 0.250 e. The van der Waals surface area contributed by atoms with E-state index in [4.69, 9.17) is 4.74 Å². The molecule has 1 unspecified atom stereocenters. The number of ether oxygens (including phenoxy) is 1. The lowest BCUT2D eigenvalue weighted by Gasteiger charge is -2.18. The smallest absolute Gasteiger partial charge is 0.250 e. The van der Waals surface area contributed by atoms with Crippen LogP contribution in [0.5, 0.6) is 0 Å². The molecule has 0 fully saturated rings. The van der Waals surface area contributed by atoms with E-state index in [2.05, 4.69) is 0 Å². The highest BCUT2D eigenvalue weighted by atomic mass is 19.3. The van der Waals surface area contributed by atoms with Gasteiger partial charge in [-0.1, -0.05) is 20.3 Å². The van der Waals surface area contributed by atoms with E-state index < -0.39 is 11.8 Å². The van der Waals surface area contributed by atoms with Gasteiger partial charge in [-0.15, -0.1) is 0 Å². The van der Waals surface area contributed by atoms with Crippen LogP contribution in [0, 0.1) is 5.92 Å². The van der Waals surface area contributed by atoms with E-state index in [0.717, 1.165) is 19.8 Å². The molecule has 12 heavy (non-hydrogen) atoms. The van der Waals surface area contributed by atoms with E-state index in [1.54, 1.807) is 0 Å². The van der Waals surface area contributed by atoms with Crippen LogP contribution in [0.25, 0.3) is 0 Å². The van der Waals surface area contributed by atoms with E-state index in [-0.39, 0.29) is 6.61 Å². The van der Waals surface area contributed by atoms with Crippen molar-refractivity contribution in [3.05, 3.63) is 0 Å². The second kappa shape index (κ2) is 5.46. The fraction of sp³-hybridized carbons (Fsp3) is 1.00. The van der Waals surface area contributed by atoms with Crippen LogP contribution in [-0.4, -0.2) is 19.1 Å². The van der Waals surface area contributed by atoms with Crippen molar-refractivity contribution in [1.82, 2.24) is 0 Å². The van der Waals surface area contributed by atoms with Crippen LogP contribution in [0.3, 0.4) is 0 Å². The average molecular weight is 180 g/mol. The quantitative estimate of drug-likeness (QED) is 0.571. The molecule has 0 heterocycles. The zero-order chi connectivity index (χ0) is 9.61. The molecule has 0 rings (SSSR count). The summed E-state index contributed by atoms with van der Waals surface area (Å²) in [7, 11) is 0. The summed E-state index contributed by atoms with van der Waals surface area (Å²) >= 11 is 0. The molecule has 0 aromatic heterocycles. The Balaban J connectivity index is 3.38. The highest BCUT2D eigenvalue weighted by Gasteiger charge is 2.29. The van der Waals surface area contributed by atoms with Crippen LogP contribution >= 0.6 is 0 Å². The molecule has 1 nitrogen and oxygen atoms in total. The lowest BCUT2D eigenvalue weighted by atomic mass is 10.1. The van der Waals surface area contributed by atoms with E-state index in [0.29, 0.717) is 6.61 Å². The highest BCUT2D eigenvalue weighted by molar-refractivity contribution is 4.66. The van der Waals surface area contributed by atoms with Gasteiger partial charge in [-0.2, -0.15) is 0 Å². The molecule has 0 aliphatic rings. The van der Waals surface area contributed by atoms with E-state index in [9.17, 15) is 8.78 Å². The zero-order valence-corrected chi connectivity index (χ0v) is 8.07. The summed E-state index contributed by atoms with van der Waals surface area (Å²) < 4.78 is 30.2. The molecule has 0 N–H and O–H groups in total. The molecule has 0 saturated carbocycles. The van der Waals surface area contributed by atoms with E-state index >= 15 is 0 Å². The summed E-state index contributed by atoms with van der Waals surface area (Å²) in [5, 5.41) is 0. The van der Waals surface area contributed by atoms with Gasteiger partial charge in [0.15, 0.2) is 0 Å². The van der Waals surface area contributed by atoms with Gasteiger partial charge < -0.3 is 4.74 Å². The van der Waals surface area contributed by atoms with Crippen molar-refractivity contribution in [3.8, 4) is 0 Å². The number of rotatable bonds is 6. The van der Waals surface area contributed by atoms with Crippen molar-refractivity contribution >= 4 is 0 Å². The highest BCUT2D eigenvalue weighted by Crippen LogP contribution is 2.23. The number of hydrogen-bond donors (Lipinski definition) is 0. The van der Waals surface area contributed by atoms with Gasteiger partial charge in [0.25, 0.3) is 0 Å². The van der Waals surface area contributed by atoms with Crippen LogP contribution in [0.4, 0.5) is 8.78 Å². The van der Waals surface area contributed by atoms with Crippen molar-refractivity contribution in [2.45, 2.75) is 39.5 Å². The summed E-state index contributed by atoms with van der Waals surface area (Å²) in [6.07, 6.45) is 1.99. The predicted octanol–water partition coefficient (Wildman–Crippen LogP) is 3.09. The second-order valence-corrected chi connectivity index (χ2v) is 3.29. The molecule has 0 aromatic carbocycles. The minimum atomic E-state index is -2.62. The molecule has 74 valence electrons. The number of alkyl halides is 2. The first-order chi connectivity index (χ1) is 5.48. The van der Waals surface area contributed by atoms with Crippen molar-refractivity contribution in [3.63, 3.8) is 0 Å². The third-order valence-electron chi connectivity index (χ3n) is 1.88. The Hall–Kier alpha value is -0.180. The second-order valence-electron chi connectivity index (χ2n) is 3.29. The van der Waals surface area contributed by atoms with Crippen LogP contribution in [0.15, 0.2) is 0 Å². The summed E-state index contributed by atoms with van der Waals surface area (Å²) in [6, 6.07) is 0. The number of unbranched alkanes of at least 4 members (excludes halogenated alkanes) is 1. The fourth-order valence-corrected chi connectivity index (χ4v) is 0.653. The lowest BCUT2D eigenvalue weighted by molar-refractivity contribution is -0.0651. The SMILES string of the molecule is CCCCOCC(C)C(C)(F)F. The third-order valence-corrected chi connectivity index (χ3v) is 1.88. The largest absolute Gasteiger partial charge is 0.381 e. The Labute approximate surface area is 73.1 Å². The predicted molar refractivity (Wildman–Crippen MR) is 45.5 cm³/mol. The summed E-state index contributed by atoms with van der Waals surface area (Å²) in [4.78, 5) is 0. The van der Waals surface area contributed by atoms with Gasteiger partial charge in [-0.25, -0.2) is 8.78 Å². The molecular formula is C9H18F2O. The van der Waals surface area contributed by atoms with E-state index in [1.165, 1.54) is 6.92 Å². The zero-order valence-electron chi connectivity index (χ0n) is 8.07. The van der Waals surface area contributed by atoms with Crippen molar-refractivity contribution in [2.24, 2.45) is 5.92 Å². The Morgan fingerprint density at radius 3 is 2.42 bits per heavy atom. The van der Waals surface area contributed by atoms with Crippen LogP contribution in [0.1, 0.15) is 33.6 Å². The minimum absolute atomic E-state index is 0.156. The molecule has 0 aromatic rings. The molecular weight excluding hydrogens is 162 g/mol. The molecule has 0 bridgehead atoms. The van der Waals surface area contributed by atoms with Gasteiger partial charge in [-0.3, -0.25) is 0 Å². The standard InChI is InChI=1S/C9H18F2O/c1-4-5-6-12-7-8(2)9(3,10)11/h8H,4-7H2,1-3H3. The maximum atomic E-state index is 12.5. The molecule has 3 heteroatoms. The summed E-state index contributed by atoms with van der Waals surface area (Å²) in [6.45, 7) is 5.23. The first-order valence-corrected chi connectivity index (χ1v) is 4.44. The van der Waals surface area contributed by atoms with Crippen molar-refractivity contribution in [1.29, 1.82) is 0 Å². The Morgan fingerprint density at radius 2 is 2.00 bits per heavy atom. The average Bonchev–Trinajstić information content (AvgIpc) is 1.96. The van der Waals surface area contributed by atoms with Crippen LogP contribution in [0.2, 0.25) is 0 Å². The van der Waals surface area contributed by atoms with Crippen LogP contribution in [-0.2, 0) is 4.74 Å². The van der Waals surface area contributed by atoms with Crippen molar-refractivity contribution in [2.75, 3.05) is 13.2 Å². The Morgan fingerprint density at radius 1 is 1.42 bits per heavy atom. The topological polar surface area (TPSA) is 9.23 Å². The van der Waals surface area contributed by atoms with Gasteiger partial charge in [0, 0.05) is 12.5 Å². The molecule has 0 radical (unpaired) electrons. The number of hydrogen-bond acceptors (Lipinski definition) is 1. The minimum Gasteiger partial charge on any atom is -0.381 e. The first kappa shape index (κ1) is 11.8. The van der Waals surface area contributed by atoms with Crippen molar-refractivity contribution < 1.29 is 13.5 Å². The molecule has 0 amide bonds. The molecule has 0 spiro atoms. The molecule has 1 atom stereocenters. The first-order valence-electron chi connectivity index (χ1n) is 4.44. The van der Waals surface area contributed by atoms with E-state index in [1.807, 2.05) is 6.92 Å². The van der Waals surface area contributed by atoms with Gasteiger partial charge in [-0.05, 0) is 13.3 Å². The normalized spacial score (nSPS) is 14.8. The summed E-state index contributed by atoms with van der Waals surface area (Å²) in [5.41, 5.74) is 0. The maximum absolute atomic E-state index is 12.5. The van der Waals surface area contributed by atoms with Gasteiger partial charge >= 0.3 is 0 Å². The Bertz CT molecular complexity index is 110.